The van der Waals surface area contributed by atoms with Crippen LogP contribution < -0.4 is 5.32 Å². The Morgan fingerprint density at radius 2 is 1.88 bits per heavy atom. The van der Waals surface area contributed by atoms with Gasteiger partial charge in [-0.25, -0.2) is 8.42 Å². The van der Waals surface area contributed by atoms with Gasteiger partial charge in [-0.15, -0.1) is 0 Å². The molecule has 5 heteroatoms. The molecular formula is C11H16INO2S. The van der Waals surface area contributed by atoms with E-state index in [0.29, 0.717) is 13.0 Å². The molecule has 1 rings (SSSR count). The van der Waals surface area contributed by atoms with Gasteiger partial charge < -0.3 is 5.32 Å². The Hall–Kier alpha value is -0.300. The largest absolute Gasteiger partial charge is 0.385 e. The van der Waals surface area contributed by atoms with Crippen molar-refractivity contribution in [3.8, 4) is 0 Å². The highest BCUT2D eigenvalue weighted by Crippen LogP contribution is 2.10. The number of hydrogen-bond acceptors (Lipinski definition) is 3. The molecule has 0 fully saturated rings. The third-order valence-electron chi connectivity index (χ3n) is 2.25. The zero-order chi connectivity index (χ0) is 12.0. The third kappa shape index (κ3) is 5.16. The highest BCUT2D eigenvalue weighted by atomic mass is 127. The van der Waals surface area contributed by atoms with E-state index in [2.05, 4.69) is 27.9 Å². The maximum Gasteiger partial charge on any atom is 0.150 e. The van der Waals surface area contributed by atoms with Gasteiger partial charge >= 0.3 is 0 Å². The number of anilines is 1. The lowest BCUT2D eigenvalue weighted by Crippen LogP contribution is -2.12. The van der Waals surface area contributed by atoms with Crippen LogP contribution in [-0.2, 0) is 9.84 Å². The SMILES string of the molecule is CCS(=O)(=O)CCCNc1ccc(I)cc1. The van der Waals surface area contributed by atoms with Crippen molar-refractivity contribution in [3.05, 3.63) is 27.8 Å². The van der Waals surface area contributed by atoms with Crippen LogP contribution in [0.15, 0.2) is 24.3 Å². The summed E-state index contributed by atoms with van der Waals surface area (Å²) in [5.41, 5.74) is 1.04. The molecule has 1 N–H and O–H groups in total. The highest BCUT2D eigenvalue weighted by molar-refractivity contribution is 14.1. The van der Waals surface area contributed by atoms with Crippen molar-refractivity contribution >= 4 is 38.1 Å². The summed E-state index contributed by atoms with van der Waals surface area (Å²) < 4.78 is 23.6. The van der Waals surface area contributed by atoms with E-state index < -0.39 is 9.84 Å². The number of sulfone groups is 1. The van der Waals surface area contributed by atoms with Crippen LogP contribution in [0.5, 0.6) is 0 Å². The Kier molecular flexibility index (Phi) is 5.54. The summed E-state index contributed by atoms with van der Waals surface area (Å²) in [7, 11) is -2.82. The Morgan fingerprint density at radius 1 is 1.25 bits per heavy atom. The van der Waals surface area contributed by atoms with Crippen molar-refractivity contribution in [2.24, 2.45) is 0 Å². The van der Waals surface area contributed by atoms with Crippen molar-refractivity contribution in [3.63, 3.8) is 0 Å². The molecule has 3 nitrogen and oxygen atoms in total. The molecule has 0 spiro atoms. The average Bonchev–Trinajstić information content (AvgIpc) is 2.27. The molecule has 1 aromatic rings. The topological polar surface area (TPSA) is 46.2 Å². The molecule has 0 aliphatic carbocycles. The summed E-state index contributed by atoms with van der Waals surface area (Å²) in [6, 6.07) is 8.03. The summed E-state index contributed by atoms with van der Waals surface area (Å²) in [5, 5.41) is 3.20. The van der Waals surface area contributed by atoms with Gasteiger partial charge in [-0.3, -0.25) is 0 Å². The molecule has 90 valence electrons. The monoisotopic (exact) mass is 353 g/mol. The number of halogens is 1. The third-order valence-corrected chi connectivity index (χ3v) is 4.75. The van der Waals surface area contributed by atoms with E-state index in [4.69, 9.17) is 0 Å². The van der Waals surface area contributed by atoms with Gasteiger partial charge in [0, 0.05) is 21.6 Å². The van der Waals surface area contributed by atoms with Gasteiger partial charge in [0.15, 0.2) is 0 Å². The molecule has 0 unspecified atom stereocenters. The van der Waals surface area contributed by atoms with Crippen LogP contribution in [0, 0.1) is 3.57 Å². The van der Waals surface area contributed by atoms with E-state index in [9.17, 15) is 8.42 Å². The minimum atomic E-state index is -2.82. The van der Waals surface area contributed by atoms with Crippen molar-refractivity contribution in [2.45, 2.75) is 13.3 Å². The van der Waals surface area contributed by atoms with E-state index in [1.165, 1.54) is 3.57 Å². The van der Waals surface area contributed by atoms with Crippen LogP contribution >= 0.6 is 22.6 Å². The second kappa shape index (κ2) is 6.44. The quantitative estimate of drug-likeness (QED) is 0.632. The minimum Gasteiger partial charge on any atom is -0.385 e. The number of hydrogen-bond donors (Lipinski definition) is 1. The van der Waals surface area contributed by atoms with Crippen LogP contribution in [0.25, 0.3) is 0 Å². The molecule has 1 aromatic carbocycles. The van der Waals surface area contributed by atoms with Crippen LogP contribution in [0.4, 0.5) is 5.69 Å². The zero-order valence-electron chi connectivity index (χ0n) is 9.24. The van der Waals surface area contributed by atoms with Crippen LogP contribution in [0.3, 0.4) is 0 Å². The molecule has 0 aliphatic rings. The van der Waals surface area contributed by atoms with Gasteiger partial charge in [0.2, 0.25) is 0 Å². The molecule has 0 bridgehead atoms. The lowest BCUT2D eigenvalue weighted by molar-refractivity contribution is 0.595. The summed E-state index contributed by atoms with van der Waals surface area (Å²) in [6.45, 7) is 2.38. The summed E-state index contributed by atoms with van der Waals surface area (Å²) in [5.74, 6) is 0.497. The fraction of sp³-hybridized carbons (Fsp3) is 0.455. The maximum absolute atomic E-state index is 11.2. The van der Waals surface area contributed by atoms with E-state index >= 15 is 0 Å². The van der Waals surface area contributed by atoms with E-state index in [0.717, 1.165) is 5.69 Å². The predicted molar refractivity (Wildman–Crippen MR) is 76.6 cm³/mol. The van der Waals surface area contributed by atoms with E-state index in [1.54, 1.807) is 6.92 Å². The summed E-state index contributed by atoms with van der Waals surface area (Å²) in [4.78, 5) is 0. The average molecular weight is 353 g/mol. The first-order valence-electron chi connectivity index (χ1n) is 5.23. The van der Waals surface area contributed by atoms with Gasteiger partial charge in [0.05, 0.1) is 5.75 Å². The maximum atomic E-state index is 11.2. The first-order valence-corrected chi connectivity index (χ1v) is 8.13. The molecular weight excluding hydrogens is 337 g/mol. The number of benzene rings is 1. The Balaban J connectivity index is 2.29. The Bertz CT molecular complexity index is 414. The molecule has 0 saturated carbocycles. The van der Waals surface area contributed by atoms with Gasteiger partial charge in [-0.05, 0) is 53.3 Å². The van der Waals surface area contributed by atoms with Crippen molar-refractivity contribution in [2.75, 3.05) is 23.4 Å². The smallest absolute Gasteiger partial charge is 0.150 e. The standard InChI is InChI=1S/C11H16INO2S/c1-2-16(14,15)9-3-8-13-11-6-4-10(12)5-7-11/h4-7,13H,2-3,8-9H2,1H3. The van der Waals surface area contributed by atoms with Crippen LogP contribution in [0.1, 0.15) is 13.3 Å². The van der Waals surface area contributed by atoms with Gasteiger partial charge in [-0.1, -0.05) is 6.92 Å². The van der Waals surface area contributed by atoms with Crippen molar-refractivity contribution < 1.29 is 8.42 Å². The zero-order valence-corrected chi connectivity index (χ0v) is 12.2. The summed E-state index contributed by atoms with van der Waals surface area (Å²) in [6.07, 6.45) is 0.655. The number of nitrogens with one attached hydrogen (secondary N) is 1. The number of rotatable bonds is 6. The molecule has 0 atom stereocenters. The lowest BCUT2D eigenvalue weighted by Gasteiger charge is -2.06. The Labute approximate surface area is 111 Å². The first-order chi connectivity index (χ1) is 7.53. The molecule has 0 heterocycles. The second-order valence-electron chi connectivity index (χ2n) is 3.52. The van der Waals surface area contributed by atoms with Gasteiger partial charge in [0.1, 0.15) is 9.84 Å². The molecule has 0 aromatic heterocycles. The summed E-state index contributed by atoms with van der Waals surface area (Å²) >= 11 is 2.25. The fourth-order valence-electron chi connectivity index (χ4n) is 1.24. The second-order valence-corrected chi connectivity index (χ2v) is 7.24. The van der Waals surface area contributed by atoms with Crippen molar-refractivity contribution in [1.82, 2.24) is 0 Å². The molecule has 0 radical (unpaired) electrons. The normalized spacial score (nSPS) is 11.4. The highest BCUT2D eigenvalue weighted by Gasteiger charge is 2.05. The van der Waals surface area contributed by atoms with Gasteiger partial charge in [0.25, 0.3) is 0 Å². The van der Waals surface area contributed by atoms with Crippen molar-refractivity contribution in [1.29, 1.82) is 0 Å². The van der Waals surface area contributed by atoms with Crippen LogP contribution in [0.2, 0.25) is 0 Å². The fourth-order valence-corrected chi connectivity index (χ4v) is 2.47. The minimum absolute atomic E-state index is 0.233. The molecule has 16 heavy (non-hydrogen) atoms. The first kappa shape index (κ1) is 13.8. The van der Waals surface area contributed by atoms with E-state index in [1.807, 2.05) is 24.3 Å². The van der Waals surface area contributed by atoms with E-state index in [-0.39, 0.29) is 11.5 Å². The molecule has 0 saturated heterocycles. The predicted octanol–water partition coefficient (Wildman–Crippen LogP) is 2.53. The van der Waals surface area contributed by atoms with Crippen LogP contribution in [-0.4, -0.2) is 26.5 Å². The molecule has 0 aliphatic heterocycles. The molecule has 0 amide bonds. The van der Waals surface area contributed by atoms with Gasteiger partial charge in [-0.2, -0.15) is 0 Å². The Morgan fingerprint density at radius 3 is 2.44 bits per heavy atom. The lowest BCUT2D eigenvalue weighted by atomic mass is 10.3.